The van der Waals surface area contributed by atoms with Gasteiger partial charge in [-0.25, -0.2) is 0 Å². The summed E-state index contributed by atoms with van der Waals surface area (Å²) >= 11 is 0. The molecule has 1 aromatic carbocycles. The van der Waals surface area contributed by atoms with Crippen molar-refractivity contribution in [1.29, 1.82) is 0 Å². The largest absolute Gasteiger partial charge is 0.479 e. The maximum Gasteiger partial charge on any atom is 0.265 e. The standard InChI is InChI=1S/C12H14N2O3/c1-7-12(16)14-10-5-9(6-13-8(2)15)3-4-11(10)17-7/h3-5,7H,6H2,1-2H3,(H,13,15)(H,14,16). The maximum atomic E-state index is 11.4. The zero-order valence-corrected chi connectivity index (χ0v) is 9.74. The summed E-state index contributed by atoms with van der Waals surface area (Å²) in [6.45, 7) is 3.60. The van der Waals surface area contributed by atoms with Gasteiger partial charge in [0, 0.05) is 13.5 Å². The lowest BCUT2D eigenvalue weighted by Crippen LogP contribution is -2.34. The number of carbonyl (C=O) groups excluding carboxylic acids is 2. The summed E-state index contributed by atoms with van der Waals surface area (Å²) < 4.78 is 5.43. The van der Waals surface area contributed by atoms with Crippen LogP contribution in [0.1, 0.15) is 19.4 Å². The molecule has 0 saturated heterocycles. The average molecular weight is 234 g/mol. The van der Waals surface area contributed by atoms with Gasteiger partial charge in [-0.2, -0.15) is 0 Å². The fourth-order valence-corrected chi connectivity index (χ4v) is 1.59. The van der Waals surface area contributed by atoms with Crippen LogP contribution in [-0.2, 0) is 16.1 Å². The number of carbonyl (C=O) groups is 2. The zero-order chi connectivity index (χ0) is 12.4. The van der Waals surface area contributed by atoms with Crippen LogP contribution in [0, 0.1) is 0 Å². The van der Waals surface area contributed by atoms with Crippen molar-refractivity contribution in [3.63, 3.8) is 0 Å². The van der Waals surface area contributed by atoms with Gasteiger partial charge < -0.3 is 15.4 Å². The predicted octanol–water partition coefficient (Wildman–Crippen LogP) is 1.04. The van der Waals surface area contributed by atoms with Gasteiger partial charge in [0.05, 0.1) is 5.69 Å². The number of ether oxygens (including phenoxy) is 1. The van der Waals surface area contributed by atoms with E-state index < -0.39 is 6.10 Å². The Hall–Kier alpha value is -2.04. The van der Waals surface area contributed by atoms with Gasteiger partial charge in [0.1, 0.15) is 5.75 Å². The first-order valence-corrected chi connectivity index (χ1v) is 5.41. The topological polar surface area (TPSA) is 67.4 Å². The number of hydrogen-bond donors (Lipinski definition) is 2. The number of anilines is 1. The van der Waals surface area contributed by atoms with Gasteiger partial charge in [-0.05, 0) is 24.6 Å². The van der Waals surface area contributed by atoms with Crippen molar-refractivity contribution < 1.29 is 14.3 Å². The second-order valence-electron chi connectivity index (χ2n) is 3.99. The lowest BCUT2D eigenvalue weighted by atomic mass is 10.1. The molecule has 2 amide bonds. The van der Waals surface area contributed by atoms with E-state index in [1.54, 1.807) is 19.1 Å². The molecule has 1 aliphatic rings. The SMILES string of the molecule is CC(=O)NCc1ccc2c(c1)NC(=O)C(C)O2. The summed E-state index contributed by atoms with van der Waals surface area (Å²) in [5.74, 6) is 0.412. The highest BCUT2D eigenvalue weighted by Crippen LogP contribution is 2.30. The Morgan fingerprint density at radius 3 is 3.00 bits per heavy atom. The molecule has 0 radical (unpaired) electrons. The Morgan fingerprint density at radius 1 is 1.53 bits per heavy atom. The molecule has 5 heteroatoms. The van der Waals surface area contributed by atoms with Crippen LogP contribution in [0.2, 0.25) is 0 Å². The molecule has 0 saturated carbocycles. The van der Waals surface area contributed by atoms with E-state index in [4.69, 9.17) is 4.74 Å². The number of hydrogen-bond acceptors (Lipinski definition) is 3. The molecule has 2 rings (SSSR count). The van der Waals surface area contributed by atoms with E-state index in [-0.39, 0.29) is 11.8 Å². The molecule has 90 valence electrons. The minimum Gasteiger partial charge on any atom is -0.479 e. The third-order valence-electron chi connectivity index (χ3n) is 2.52. The van der Waals surface area contributed by atoms with Crippen molar-refractivity contribution in [3.05, 3.63) is 23.8 Å². The molecule has 0 bridgehead atoms. The molecule has 1 unspecified atom stereocenters. The van der Waals surface area contributed by atoms with Gasteiger partial charge in [-0.1, -0.05) is 6.07 Å². The van der Waals surface area contributed by atoms with E-state index >= 15 is 0 Å². The van der Waals surface area contributed by atoms with Crippen LogP contribution in [-0.4, -0.2) is 17.9 Å². The fourth-order valence-electron chi connectivity index (χ4n) is 1.59. The van der Waals surface area contributed by atoms with Gasteiger partial charge in [-0.3, -0.25) is 9.59 Å². The Balaban J connectivity index is 2.17. The first kappa shape index (κ1) is 11.4. The highest BCUT2D eigenvalue weighted by Gasteiger charge is 2.23. The van der Waals surface area contributed by atoms with Crippen molar-refractivity contribution >= 4 is 17.5 Å². The van der Waals surface area contributed by atoms with E-state index in [1.807, 2.05) is 6.07 Å². The van der Waals surface area contributed by atoms with Gasteiger partial charge in [-0.15, -0.1) is 0 Å². The van der Waals surface area contributed by atoms with Crippen LogP contribution in [0.4, 0.5) is 5.69 Å². The fraction of sp³-hybridized carbons (Fsp3) is 0.333. The van der Waals surface area contributed by atoms with Crippen LogP contribution in [0.25, 0.3) is 0 Å². The van der Waals surface area contributed by atoms with Crippen LogP contribution in [0.5, 0.6) is 5.75 Å². The van der Waals surface area contributed by atoms with Crippen molar-refractivity contribution in [2.75, 3.05) is 5.32 Å². The summed E-state index contributed by atoms with van der Waals surface area (Å²) in [5, 5.41) is 5.46. The van der Waals surface area contributed by atoms with E-state index in [1.165, 1.54) is 6.92 Å². The summed E-state index contributed by atoms with van der Waals surface area (Å²) in [7, 11) is 0. The van der Waals surface area contributed by atoms with E-state index in [9.17, 15) is 9.59 Å². The molecule has 17 heavy (non-hydrogen) atoms. The van der Waals surface area contributed by atoms with Gasteiger partial charge in [0.2, 0.25) is 5.91 Å². The lowest BCUT2D eigenvalue weighted by molar-refractivity contribution is -0.122. The van der Waals surface area contributed by atoms with Crippen LogP contribution in [0.3, 0.4) is 0 Å². The van der Waals surface area contributed by atoms with E-state index in [2.05, 4.69) is 10.6 Å². The molecule has 1 heterocycles. The minimum atomic E-state index is -0.469. The molecule has 1 aliphatic heterocycles. The average Bonchev–Trinajstić information content (AvgIpc) is 2.28. The second kappa shape index (κ2) is 4.45. The third-order valence-corrected chi connectivity index (χ3v) is 2.52. The van der Waals surface area contributed by atoms with Crippen LogP contribution >= 0.6 is 0 Å². The Kier molecular flexibility index (Phi) is 2.99. The van der Waals surface area contributed by atoms with Gasteiger partial charge >= 0.3 is 0 Å². The molecule has 2 N–H and O–H groups in total. The van der Waals surface area contributed by atoms with Crippen molar-refractivity contribution in [1.82, 2.24) is 5.32 Å². The monoisotopic (exact) mass is 234 g/mol. The number of amides is 2. The van der Waals surface area contributed by atoms with Crippen molar-refractivity contribution in [2.45, 2.75) is 26.5 Å². The highest BCUT2D eigenvalue weighted by molar-refractivity contribution is 5.97. The van der Waals surface area contributed by atoms with Crippen molar-refractivity contribution in [3.8, 4) is 5.75 Å². The molecule has 0 spiro atoms. The van der Waals surface area contributed by atoms with E-state index in [0.29, 0.717) is 18.0 Å². The summed E-state index contributed by atoms with van der Waals surface area (Å²) in [6.07, 6.45) is -0.469. The Labute approximate surface area is 99.2 Å². The van der Waals surface area contributed by atoms with E-state index in [0.717, 1.165) is 5.56 Å². The number of nitrogens with one attached hydrogen (secondary N) is 2. The highest BCUT2D eigenvalue weighted by atomic mass is 16.5. The minimum absolute atomic E-state index is 0.0865. The predicted molar refractivity (Wildman–Crippen MR) is 62.7 cm³/mol. The summed E-state index contributed by atoms with van der Waals surface area (Å²) in [6, 6.07) is 5.45. The van der Waals surface area contributed by atoms with Gasteiger partial charge in [0.25, 0.3) is 5.91 Å². The number of benzene rings is 1. The third kappa shape index (κ3) is 2.55. The molecule has 5 nitrogen and oxygen atoms in total. The molecular weight excluding hydrogens is 220 g/mol. The lowest BCUT2D eigenvalue weighted by Gasteiger charge is -2.23. The number of fused-ring (bicyclic) bond motifs is 1. The summed E-state index contributed by atoms with van der Waals surface area (Å²) in [5.41, 5.74) is 1.56. The Bertz CT molecular complexity index is 471. The number of rotatable bonds is 2. The second-order valence-corrected chi connectivity index (χ2v) is 3.99. The molecular formula is C12H14N2O3. The smallest absolute Gasteiger partial charge is 0.265 e. The molecule has 1 aromatic rings. The first-order valence-electron chi connectivity index (χ1n) is 5.41. The molecule has 0 fully saturated rings. The molecule has 0 aliphatic carbocycles. The van der Waals surface area contributed by atoms with Crippen molar-refractivity contribution in [2.24, 2.45) is 0 Å². The zero-order valence-electron chi connectivity index (χ0n) is 9.74. The summed E-state index contributed by atoms with van der Waals surface area (Å²) in [4.78, 5) is 22.2. The van der Waals surface area contributed by atoms with Crippen LogP contribution < -0.4 is 15.4 Å². The normalized spacial score (nSPS) is 17.8. The van der Waals surface area contributed by atoms with Crippen LogP contribution in [0.15, 0.2) is 18.2 Å². The van der Waals surface area contributed by atoms with Gasteiger partial charge in [0.15, 0.2) is 6.10 Å². The molecule has 0 aromatic heterocycles. The quantitative estimate of drug-likeness (QED) is 0.803. The molecule has 1 atom stereocenters. The first-order chi connectivity index (χ1) is 8.06. The maximum absolute atomic E-state index is 11.4. The Morgan fingerprint density at radius 2 is 2.29 bits per heavy atom.